The van der Waals surface area contributed by atoms with E-state index in [1.165, 1.54) is 18.0 Å². The Morgan fingerprint density at radius 2 is 1.85 bits per heavy atom. The highest BCUT2D eigenvalue weighted by molar-refractivity contribution is 6.32. The summed E-state index contributed by atoms with van der Waals surface area (Å²) in [6.45, 7) is 3.25. The molecule has 0 saturated carbocycles. The first kappa shape index (κ1) is 25.2. The predicted molar refractivity (Wildman–Crippen MR) is 128 cm³/mol. The molecule has 3 atom stereocenters. The van der Waals surface area contributed by atoms with Gasteiger partial charge in [-0.3, -0.25) is 19.2 Å². The molecule has 2 heterocycles. The van der Waals surface area contributed by atoms with Crippen molar-refractivity contribution in [1.29, 1.82) is 0 Å². The van der Waals surface area contributed by atoms with Gasteiger partial charge in [0.15, 0.2) is 5.15 Å². The summed E-state index contributed by atoms with van der Waals surface area (Å²) >= 11 is 6.05. The third kappa shape index (κ3) is 6.54. The molecule has 10 heteroatoms. The van der Waals surface area contributed by atoms with Crippen LogP contribution in [0.2, 0.25) is 5.15 Å². The van der Waals surface area contributed by atoms with E-state index in [0.717, 1.165) is 5.56 Å². The Labute approximate surface area is 203 Å². The summed E-state index contributed by atoms with van der Waals surface area (Å²) in [6.07, 6.45) is 2.91. The lowest BCUT2D eigenvalue weighted by Crippen LogP contribution is -2.56. The minimum atomic E-state index is -0.901. The molecule has 9 nitrogen and oxygen atoms in total. The average Bonchev–Trinajstić information content (AvgIpc) is 3.30. The molecule has 1 aliphatic rings. The van der Waals surface area contributed by atoms with Gasteiger partial charge in [-0.05, 0) is 37.5 Å². The number of hydrogen-bond acceptors (Lipinski definition) is 5. The summed E-state index contributed by atoms with van der Waals surface area (Å²) in [5.41, 5.74) is 1.22. The fraction of sp³-hybridized carbons (Fsp3) is 0.375. The zero-order valence-electron chi connectivity index (χ0n) is 19.1. The van der Waals surface area contributed by atoms with Crippen molar-refractivity contribution in [1.82, 2.24) is 20.5 Å². The molecule has 34 heavy (non-hydrogen) atoms. The lowest BCUT2D eigenvalue weighted by molar-refractivity contribution is -0.140. The molecule has 3 rings (SSSR count). The van der Waals surface area contributed by atoms with Gasteiger partial charge in [-0.25, -0.2) is 4.98 Å². The van der Waals surface area contributed by atoms with E-state index in [-0.39, 0.29) is 29.3 Å². The van der Waals surface area contributed by atoms with Gasteiger partial charge in [-0.1, -0.05) is 41.9 Å². The van der Waals surface area contributed by atoms with Gasteiger partial charge in [0.2, 0.25) is 23.6 Å². The van der Waals surface area contributed by atoms with Crippen LogP contribution in [0.3, 0.4) is 0 Å². The first-order valence-electron chi connectivity index (χ1n) is 11.1. The Morgan fingerprint density at radius 3 is 2.53 bits per heavy atom. The van der Waals surface area contributed by atoms with Crippen molar-refractivity contribution in [3.8, 4) is 0 Å². The van der Waals surface area contributed by atoms with Crippen LogP contribution >= 0.6 is 11.6 Å². The highest BCUT2D eigenvalue weighted by Gasteiger charge is 2.38. The number of nitrogens with zero attached hydrogens (tertiary/aromatic N) is 2. The van der Waals surface area contributed by atoms with E-state index >= 15 is 0 Å². The van der Waals surface area contributed by atoms with Gasteiger partial charge >= 0.3 is 0 Å². The molecule has 3 N–H and O–H groups in total. The van der Waals surface area contributed by atoms with Crippen LogP contribution < -0.4 is 16.0 Å². The SMILES string of the molecule is CC(=O)NC(C)C(=O)NC(Cc1ccccc1)C(=O)N1CCC[C@H]1C(=O)Nc1cccnc1Cl. The van der Waals surface area contributed by atoms with E-state index in [1.54, 1.807) is 19.1 Å². The smallest absolute Gasteiger partial charge is 0.247 e. The van der Waals surface area contributed by atoms with Gasteiger partial charge in [-0.15, -0.1) is 0 Å². The predicted octanol–water partition coefficient (Wildman–Crippen LogP) is 1.92. The van der Waals surface area contributed by atoms with Gasteiger partial charge in [0.05, 0.1) is 5.69 Å². The molecule has 1 fully saturated rings. The van der Waals surface area contributed by atoms with E-state index in [0.29, 0.717) is 25.1 Å². The van der Waals surface area contributed by atoms with Crippen molar-refractivity contribution in [2.24, 2.45) is 0 Å². The summed E-state index contributed by atoms with van der Waals surface area (Å²) in [5.74, 6) is -1.55. The molecule has 1 aromatic carbocycles. The molecule has 0 radical (unpaired) electrons. The van der Waals surface area contributed by atoms with Gasteiger partial charge in [0.25, 0.3) is 0 Å². The van der Waals surface area contributed by atoms with Crippen LogP contribution in [-0.2, 0) is 25.6 Å². The number of benzene rings is 1. The van der Waals surface area contributed by atoms with Crippen molar-refractivity contribution in [3.63, 3.8) is 0 Å². The lowest BCUT2D eigenvalue weighted by Gasteiger charge is -2.29. The van der Waals surface area contributed by atoms with E-state index in [4.69, 9.17) is 11.6 Å². The second-order valence-electron chi connectivity index (χ2n) is 8.19. The maximum absolute atomic E-state index is 13.6. The molecule has 0 bridgehead atoms. The van der Waals surface area contributed by atoms with Crippen LogP contribution in [0.15, 0.2) is 48.7 Å². The molecular formula is C24H28ClN5O4. The minimum absolute atomic E-state index is 0.160. The number of rotatable bonds is 8. The van der Waals surface area contributed by atoms with Crippen LogP contribution in [0.4, 0.5) is 5.69 Å². The third-order valence-electron chi connectivity index (χ3n) is 5.57. The Bertz CT molecular complexity index is 1050. The fourth-order valence-electron chi connectivity index (χ4n) is 3.92. The number of anilines is 1. The molecule has 1 aliphatic heterocycles. The average molecular weight is 486 g/mol. The Kier molecular flexibility index (Phi) is 8.59. The summed E-state index contributed by atoms with van der Waals surface area (Å²) in [6, 6.07) is 10.2. The Balaban J connectivity index is 1.77. The van der Waals surface area contributed by atoms with Crippen LogP contribution in [0.1, 0.15) is 32.3 Å². The number of likely N-dealkylation sites (tertiary alicyclic amines) is 1. The number of pyridine rings is 1. The minimum Gasteiger partial charge on any atom is -0.345 e. The van der Waals surface area contributed by atoms with Crippen molar-refractivity contribution >= 4 is 40.9 Å². The summed E-state index contributed by atoms with van der Waals surface area (Å²) in [7, 11) is 0. The standard InChI is InChI=1S/C24H28ClN5O4/c1-15(27-16(2)31)22(32)29-19(14-17-8-4-3-5-9-17)24(34)30-13-7-11-20(30)23(33)28-18-10-6-12-26-21(18)25/h3-6,8-10,12,15,19-20H,7,11,13-14H2,1-2H3,(H,27,31)(H,28,33)(H,29,32)/t15?,19?,20-/m0/s1. The zero-order chi connectivity index (χ0) is 24.7. The van der Waals surface area contributed by atoms with E-state index in [2.05, 4.69) is 20.9 Å². The second kappa shape index (κ2) is 11.6. The summed E-state index contributed by atoms with van der Waals surface area (Å²) in [4.78, 5) is 56.0. The normalized spacial score (nSPS) is 16.9. The third-order valence-corrected chi connectivity index (χ3v) is 5.87. The largest absolute Gasteiger partial charge is 0.345 e. The van der Waals surface area contributed by atoms with Crippen molar-refractivity contribution in [2.75, 3.05) is 11.9 Å². The number of hydrogen-bond donors (Lipinski definition) is 3. The van der Waals surface area contributed by atoms with Crippen LogP contribution in [0, 0.1) is 0 Å². The molecule has 0 aliphatic carbocycles. The van der Waals surface area contributed by atoms with Gasteiger partial charge < -0.3 is 20.9 Å². The monoisotopic (exact) mass is 485 g/mol. The van der Waals surface area contributed by atoms with Gasteiger partial charge in [-0.2, -0.15) is 0 Å². The first-order chi connectivity index (χ1) is 16.3. The van der Waals surface area contributed by atoms with Gasteiger partial charge in [0, 0.05) is 26.1 Å². The zero-order valence-corrected chi connectivity index (χ0v) is 19.8. The fourth-order valence-corrected chi connectivity index (χ4v) is 4.08. The summed E-state index contributed by atoms with van der Waals surface area (Å²) in [5, 5.41) is 8.18. The quantitative estimate of drug-likeness (QED) is 0.493. The molecule has 2 unspecified atom stereocenters. The molecule has 0 spiro atoms. The number of amides is 4. The molecule has 4 amide bonds. The number of aromatic nitrogens is 1. The maximum Gasteiger partial charge on any atom is 0.247 e. The highest BCUT2D eigenvalue weighted by Crippen LogP contribution is 2.23. The molecule has 1 saturated heterocycles. The summed E-state index contributed by atoms with van der Waals surface area (Å²) < 4.78 is 0. The maximum atomic E-state index is 13.6. The molecule has 2 aromatic rings. The molecule has 1 aromatic heterocycles. The highest BCUT2D eigenvalue weighted by atomic mass is 35.5. The number of carbonyl (C=O) groups excluding carboxylic acids is 4. The van der Waals surface area contributed by atoms with E-state index < -0.39 is 24.0 Å². The molecular weight excluding hydrogens is 458 g/mol. The number of halogens is 1. The van der Waals surface area contributed by atoms with E-state index in [1.807, 2.05) is 30.3 Å². The van der Waals surface area contributed by atoms with Gasteiger partial charge in [0.1, 0.15) is 18.1 Å². The Hall–Kier alpha value is -3.46. The van der Waals surface area contributed by atoms with Crippen molar-refractivity contribution in [3.05, 3.63) is 59.4 Å². The topological polar surface area (TPSA) is 121 Å². The van der Waals surface area contributed by atoms with Crippen LogP contribution in [-0.4, -0.2) is 58.2 Å². The molecule has 180 valence electrons. The lowest BCUT2D eigenvalue weighted by atomic mass is 10.0. The number of carbonyl (C=O) groups is 4. The van der Waals surface area contributed by atoms with E-state index in [9.17, 15) is 19.2 Å². The second-order valence-corrected chi connectivity index (χ2v) is 8.55. The Morgan fingerprint density at radius 1 is 1.12 bits per heavy atom. The van der Waals surface area contributed by atoms with Crippen molar-refractivity contribution in [2.45, 2.75) is 51.2 Å². The van der Waals surface area contributed by atoms with Crippen LogP contribution in [0.25, 0.3) is 0 Å². The number of nitrogens with one attached hydrogen (secondary N) is 3. The van der Waals surface area contributed by atoms with Crippen LogP contribution in [0.5, 0.6) is 0 Å². The first-order valence-corrected chi connectivity index (χ1v) is 11.5. The van der Waals surface area contributed by atoms with Crippen molar-refractivity contribution < 1.29 is 19.2 Å².